The van der Waals surface area contributed by atoms with E-state index in [4.69, 9.17) is 5.11 Å². The Morgan fingerprint density at radius 3 is 2.67 bits per heavy atom. The van der Waals surface area contributed by atoms with Crippen molar-refractivity contribution in [3.05, 3.63) is 72.3 Å². The van der Waals surface area contributed by atoms with Gasteiger partial charge < -0.3 is 15.7 Å². The molecule has 0 amide bonds. The smallest absolute Gasteiger partial charge is 0.335 e. The summed E-state index contributed by atoms with van der Waals surface area (Å²) in [5.74, 6) is 0.239. The zero-order valence-electron chi connectivity index (χ0n) is 12.7. The van der Waals surface area contributed by atoms with Crippen LogP contribution in [0.25, 0.3) is 0 Å². The molecule has 3 N–H and O–H groups in total. The van der Waals surface area contributed by atoms with Crippen LogP contribution in [0.15, 0.2) is 61.1 Å². The van der Waals surface area contributed by atoms with E-state index >= 15 is 0 Å². The van der Waals surface area contributed by atoms with Gasteiger partial charge in [0.25, 0.3) is 0 Å². The Morgan fingerprint density at radius 2 is 1.88 bits per heavy atom. The minimum Gasteiger partial charge on any atom is -0.478 e. The zero-order chi connectivity index (χ0) is 16.8. The molecule has 1 aromatic carbocycles. The molecular weight excluding hydrogens is 306 g/mol. The molecule has 0 aliphatic carbocycles. The minimum atomic E-state index is -0.973. The molecule has 0 saturated heterocycles. The van der Waals surface area contributed by atoms with Crippen LogP contribution in [0.5, 0.6) is 0 Å². The molecule has 0 aliphatic heterocycles. The van der Waals surface area contributed by atoms with Gasteiger partial charge in [0.15, 0.2) is 0 Å². The van der Waals surface area contributed by atoms with Gasteiger partial charge in [-0.15, -0.1) is 0 Å². The van der Waals surface area contributed by atoms with Gasteiger partial charge in [0.1, 0.15) is 18.0 Å². The Kier molecular flexibility index (Phi) is 4.62. The average molecular weight is 321 g/mol. The first kappa shape index (κ1) is 15.4. The summed E-state index contributed by atoms with van der Waals surface area (Å²) in [5.41, 5.74) is 1.76. The maximum atomic E-state index is 11.0. The van der Waals surface area contributed by atoms with Crippen molar-refractivity contribution in [1.29, 1.82) is 0 Å². The molecule has 7 nitrogen and oxygen atoms in total. The van der Waals surface area contributed by atoms with Gasteiger partial charge in [0, 0.05) is 18.0 Å². The predicted octanol–water partition coefficient (Wildman–Crippen LogP) is 2.93. The number of hydrogen-bond donors (Lipinski definition) is 3. The fraction of sp³-hybridized carbons (Fsp3) is 0.0588. The lowest BCUT2D eigenvalue weighted by Gasteiger charge is -2.09. The van der Waals surface area contributed by atoms with E-state index in [0.717, 1.165) is 5.69 Å². The molecule has 3 rings (SSSR count). The number of carboxylic acids is 1. The van der Waals surface area contributed by atoms with E-state index in [9.17, 15) is 4.79 Å². The number of nitrogens with zero attached hydrogens (tertiary/aromatic N) is 3. The summed E-state index contributed by atoms with van der Waals surface area (Å²) in [5, 5.41) is 15.3. The Bertz CT molecular complexity index is 839. The molecule has 2 heterocycles. The number of rotatable bonds is 6. The third-order valence-corrected chi connectivity index (χ3v) is 3.23. The molecule has 24 heavy (non-hydrogen) atoms. The van der Waals surface area contributed by atoms with Gasteiger partial charge in [-0.05, 0) is 30.3 Å². The van der Waals surface area contributed by atoms with Crippen molar-refractivity contribution in [3.63, 3.8) is 0 Å². The molecule has 0 spiro atoms. The highest BCUT2D eigenvalue weighted by Gasteiger charge is 2.05. The number of benzene rings is 1. The molecule has 3 aromatic rings. The number of nitrogens with one attached hydrogen (secondary N) is 2. The van der Waals surface area contributed by atoms with Crippen molar-refractivity contribution < 1.29 is 9.90 Å². The number of carboxylic acid groups (broad SMARTS) is 1. The second kappa shape index (κ2) is 7.19. The predicted molar refractivity (Wildman–Crippen MR) is 90.3 cm³/mol. The monoisotopic (exact) mass is 321 g/mol. The Balaban J connectivity index is 1.69. The third kappa shape index (κ3) is 4.04. The molecule has 0 aliphatic rings. The third-order valence-electron chi connectivity index (χ3n) is 3.23. The van der Waals surface area contributed by atoms with Crippen LogP contribution in [0, 0.1) is 0 Å². The molecule has 0 radical (unpaired) electrons. The van der Waals surface area contributed by atoms with Crippen molar-refractivity contribution >= 4 is 23.3 Å². The lowest BCUT2D eigenvalue weighted by atomic mass is 10.2. The fourth-order valence-corrected chi connectivity index (χ4v) is 2.08. The van der Waals surface area contributed by atoms with Crippen LogP contribution in [0.3, 0.4) is 0 Å². The number of pyridine rings is 1. The molecule has 120 valence electrons. The van der Waals surface area contributed by atoms with E-state index in [0.29, 0.717) is 23.9 Å². The number of carbonyl (C=O) groups is 1. The second-order valence-corrected chi connectivity index (χ2v) is 4.97. The number of aromatic carboxylic acids is 1. The van der Waals surface area contributed by atoms with Gasteiger partial charge >= 0.3 is 5.97 Å². The average Bonchev–Trinajstić information content (AvgIpc) is 2.61. The van der Waals surface area contributed by atoms with Crippen LogP contribution < -0.4 is 10.6 Å². The molecule has 0 unspecified atom stereocenters. The summed E-state index contributed by atoms with van der Waals surface area (Å²) in [6.07, 6.45) is 3.17. The first-order valence-electron chi connectivity index (χ1n) is 7.27. The highest BCUT2D eigenvalue weighted by atomic mass is 16.4. The first-order chi connectivity index (χ1) is 11.7. The van der Waals surface area contributed by atoms with Gasteiger partial charge in [-0.25, -0.2) is 14.8 Å². The van der Waals surface area contributed by atoms with Crippen molar-refractivity contribution in [2.45, 2.75) is 6.54 Å². The Morgan fingerprint density at radius 1 is 1.00 bits per heavy atom. The van der Waals surface area contributed by atoms with Crippen LogP contribution in [-0.4, -0.2) is 26.0 Å². The van der Waals surface area contributed by atoms with Crippen molar-refractivity contribution in [3.8, 4) is 0 Å². The lowest BCUT2D eigenvalue weighted by Crippen LogP contribution is -2.04. The molecule has 2 aromatic heterocycles. The summed E-state index contributed by atoms with van der Waals surface area (Å²) < 4.78 is 0. The fourth-order valence-electron chi connectivity index (χ4n) is 2.08. The van der Waals surface area contributed by atoms with Gasteiger partial charge in [-0.3, -0.25) is 4.98 Å². The highest BCUT2D eigenvalue weighted by molar-refractivity contribution is 5.89. The van der Waals surface area contributed by atoms with Gasteiger partial charge in [-0.1, -0.05) is 12.1 Å². The molecule has 0 bridgehead atoms. The quantitative estimate of drug-likeness (QED) is 0.642. The maximum Gasteiger partial charge on any atom is 0.335 e. The summed E-state index contributed by atoms with van der Waals surface area (Å²) in [6, 6.07) is 14.0. The molecule has 0 atom stereocenters. The SMILES string of the molecule is O=C(O)c1cccc(Nc2cc(NCc3ccccn3)ncn2)c1. The number of anilines is 3. The van der Waals surface area contributed by atoms with Crippen LogP contribution in [0.4, 0.5) is 17.3 Å². The summed E-state index contributed by atoms with van der Waals surface area (Å²) in [4.78, 5) is 23.5. The molecule has 7 heteroatoms. The molecular formula is C17H15N5O2. The molecule has 0 saturated carbocycles. The van der Waals surface area contributed by atoms with Gasteiger partial charge in [-0.2, -0.15) is 0 Å². The first-order valence-corrected chi connectivity index (χ1v) is 7.27. The van der Waals surface area contributed by atoms with E-state index in [1.807, 2.05) is 18.2 Å². The van der Waals surface area contributed by atoms with Crippen LogP contribution in [0.2, 0.25) is 0 Å². The van der Waals surface area contributed by atoms with Crippen molar-refractivity contribution in [2.75, 3.05) is 10.6 Å². The van der Waals surface area contributed by atoms with E-state index in [2.05, 4.69) is 25.6 Å². The largest absolute Gasteiger partial charge is 0.478 e. The lowest BCUT2D eigenvalue weighted by molar-refractivity contribution is 0.0697. The summed E-state index contributed by atoms with van der Waals surface area (Å²) in [6.45, 7) is 0.547. The normalized spacial score (nSPS) is 10.2. The van der Waals surface area contributed by atoms with E-state index in [-0.39, 0.29) is 5.56 Å². The topological polar surface area (TPSA) is 100 Å². The number of aromatic nitrogens is 3. The molecule has 0 fully saturated rings. The van der Waals surface area contributed by atoms with E-state index < -0.39 is 5.97 Å². The maximum absolute atomic E-state index is 11.0. The zero-order valence-corrected chi connectivity index (χ0v) is 12.7. The Hall–Kier alpha value is -3.48. The van der Waals surface area contributed by atoms with Crippen LogP contribution in [-0.2, 0) is 6.54 Å². The summed E-state index contributed by atoms with van der Waals surface area (Å²) in [7, 11) is 0. The number of hydrogen-bond acceptors (Lipinski definition) is 6. The minimum absolute atomic E-state index is 0.211. The van der Waals surface area contributed by atoms with Gasteiger partial charge in [0.2, 0.25) is 0 Å². The van der Waals surface area contributed by atoms with E-state index in [1.54, 1.807) is 30.5 Å². The summed E-state index contributed by atoms with van der Waals surface area (Å²) >= 11 is 0. The van der Waals surface area contributed by atoms with Crippen molar-refractivity contribution in [2.24, 2.45) is 0 Å². The van der Waals surface area contributed by atoms with Gasteiger partial charge in [0.05, 0.1) is 17.8 Å². The highest BCUT2D eigenvalue weighted by Crippen LogP contribution is 2.18. The van der Waals surface area contributed by atoms with Crippen LogP contribution in [0.1, 0.15) is 16.1 Å². The second-order valence-electron chi connectivity index (χ2n) is 4.97. The van der Waals surface area contributed by atoms with E-state index in [1.165, 1.54) is 12.4 Å². The Labute approximate surface area is 138 Å². The standard InChI is InChI=1S/C17H15N5O2/c23-17(24)12-4-3-6-13(8-12)22-16-9-15(20-11-21-16)19-10-14-5-1-2-7-18-14/h1-9,11H,10H2,(H,23,24)(H2,19,20,21,22). The van der Waals surface area contributed by atoms with Crippen molar-refractivity contribution in [1.82, 2.24) is 15.0 Å². The van der Waals surface area contributed by atoms with Crippen LogP contribution >= 0.6 is 0 Å².